The Morgan fingerprint density at radius 3 is 2.52 bits per heavy atom. The Bertz CT molecular complexity index is 1140. The first-order chi connectivity index (χ1) is 15.9. The molecule has 2 aromatic heterocycles. The van der Waals surface area contributed by atoms with Crippen LogP contribution in [0.3, 0.4) is 0 Å². The van der Waals surface area contributed by atoms with E-state index in [4.69, 9.17) is 15.2 Å². The van der Waals surface area contributed by atoms with E-state index >= 15 is 0 Å². The van der Waals surface area contributed by atoms with Crippen LogP contribution in [0.5, 0.6) is 11.5 Å². The average molecular weight is 458 g/mol. The number of ether oxygens (including phenoxy) is 2. The summed E-state index contributed by atoms with van der Waals surface area (Å²) >= 11 is 0. The van der Waals surface area contributed by atoms with Gasteiger partial charge in [-0.3, -0.25) is 4.90 Å². The zero-order chi connectivity index (χ0) is 23.5. The van der Waals surface area contributed by atoms with Crippen molar-refractivity contribution in [2.75, 3.05) is 57.6 Å². The molecule has 1 aliphatic heterocycles. The molecule has 13 heteroatoms. The molecule has 1 unspecified atom stereocenters. The zero-order valence-corrected chi connectivity index (χ0v) is 18.4. The van der Waals surface area contributed by atoms with Gasteiger partial charge in [0, 0.05) is 44.2 Å². The van der Waals surface area contributed by atoms with Crippen LogP contribution in [-0.2, 0) is 6.54 Å². The summed E-state index contributed by atoms with van der Waals surface area (Å²) in [5, 5.41) is 22.1. The molecule has 0 amide bonds. The first kappa shape index (κ1) is 22.5. The molecule has 0 spiro atoms. The Labute approximate surface area is 189 Å². The lowest BCUT2D eigenvalue weighted by atomic mass is 10.2. The summed E-state index contributed by atoms with van der Waals surface area (Å²) in [6.07, 6.45) is 2.08. The van der Waals surface area contributed by atoms with Crippen molar-refractivity contribution in [3.8, 4) is 11.5 Å². The third-order valence-electron chi connectivity index (χ3n) is 5.61. The number of imidazole rings is 1. The molecule has 3 heterocycles. The van der Waals surface area contributed by atoms with Gasteiger partial charge in [-0.2, -0.15) is 4.98 Å². The van der Waals surface area contributed by atoms with Crippen LogP contribution in [0.1, 0.15) is 0 Å². The Morgan fingerprint density at radius 2 is 1.85 bits per heavy atom. The number of nitrogens with zero attached hydrogens (tertiary/aromatic N) is 7. The van der Waals surface area contributed by atoms with Gasteiger partial charge in [-0.1, -0.05) is 4.98 Å². The predicted molar refractivity (Wildman–Crippen MR) is 121 cm³/mol. The van der Waals surface area contributed by atoms with E-state index in [1.54, 1.807) is 26.4 Å². The van der Waals surface area contributed by atoms with Crippen molar-refractivity contribution in [1.82, 2.24) is 24.4 Å². The standard InChI is InChI=1S/C20H26N8O5/c1-32-16-9-14-15(10-17(16)33-2)23-19(24-18(14)21)26-7-5-25(6-8-26)11-13(29)12-27-4-3-22-20(27)28(30)31/h3-4,9-10,13,29H,5-8,11-12H2,1-2H3,(H2,21,23,24). The number of hydrogen-bond acceptors (Lipinski definition) is 11. The molecule has 1 saturated heterocycles. The predicted octanol–water partition coefficient (Wildman–Crippen LogP) is 0.517. The highest BCUT2D eigenvalue weighted by atomic mass is 16.6. The molecule has 0 bridgehead atoms. The molecule has 1 aliphatic rings. The second kappa shape index (κ2) is 9.42. The van der Waals surface area contributed by atoms with Crippen LogP contribution in [0.15, 0.2) is 24.5 Å². The topological polar surface area (TPSA) is 158 Å². The number of benzene rings is 1. The number of nitrogen functional groups attached to an aromatic ring is 1. The average Bonchev–Trinajstić information content (AvgIpc) is 3.27. The molecular formula is C20H26N8O5. The molecular weight excluding hydrogens is 432 g/mol. The number of aliphatic hydroxyl groups excluding tert-OH is 1. The summed E-state index contributed by atoms with van der Waals surface area (Å²) in [5.74, 6) is 1.73. The fourth-order valence-electron chi connectivity index (χ4n) is 3.94. The van der Waals surface area contributed by atoms with Gasteiger partial charge in [0.05, 0.1) is 32.4 Å². The van der Waals surface area contributed by atoms with Gasteiger partial charge >= 0.3 is 5.95 Å². The molecule has 0 radical (unpaired) electrons. The number of nitro groups is 1. The quantitative estimate of drug-likeness (QED) is 0.358. The number of methoxy groups -OCH3 is 2. The number of nitrogens with two attached hydrogens (primary N) is 1. The number of piperazine rings is 1. The molecule has 0 aliphatic carbocycles. The molecule has 3 aromatic rings. The van der Waals surface area contributed by atoms with Crippen molar-refractivity contribution in [3.63, 3.8) is 0 Å². The number of fused-ring (bicyclic) bond motifs is 1. The molecule has 4 rings (SSSR count). The van der Waals surface area contributed by atoms with Crippen molar-refractivity contribution < 1.29 is 19.5 Å². The van der Waals surface area contributed by atoms with Crippen LogP contribution in [-0.4, -0.2) is 87.5 Å². The Hall–Kier alpha value is -3.71. The first-order valence-corrected chi connectivity index (χ1v) is 10.4. The molecule has 33 heavy (non-hydrogen) atoms. The van der Waals surface area contributed by atoms with Crippen molar-refractivity contribution in [3.05, 3.63) is 34.6 Å². The Kier molecular flexibility index (Phi) is 6.42. The minimum Gasteiger partial charge on any atom is -0.493 e. The minimum atomic E-state index is -0.764. The highest BCUT2D eigenvalue weighted by Gasteiger charge is 2.24. The fourth-order valence-corrected chi connectivity index (χ4v) is 3.94. The number of aromatic nitrogens is 4. The molecule has 3 N–H and O–H groups in total. The van der Waals surface area contributed by atoms with Gasteiger partial charge in [-0.15, -0.1) is 0 Å². The molecule has 0 saturated carbocycles. The van der Waals surface area contributed by atoms with E-state index in [1.807, 2.05) is 4.90 Å². The summed E-state index contributed by atoms with van der Waals surface area (Å²) in [6, 6.07) is 3.54. The first-order valence-electron chi connectivity index (χ1n) is 10.4. The second-order valence-corrected chi connectivity index (χ2v) is 7.71. The molecule has 176 valence electrons. The maximum atomic E-state index is 11.0. The lowest BCUT2D eigenvalue weighted by molar-refractivity contribution is -0.397. The van der Waals surface area contributed by atoms with Gasteiger partial charge in [0.25, 0.3) is 0 Å². The van der Waals surface area contributed by atoms with Crippen LogP contribution >= 0.6 is 0 Å². The Morgan fingerprint density at radius 1 is 1.15 bits per heavy atom. The minimum absolute atomic E-state index is 0.103. The third kappa shape index (κ3) is 4.73. The van der Waals surface area contributed by atoms with Crippen LogP contribution in [0, 0.1) is 10.1 Å². The Balaban J connectivity index is 1.40. The monoisotopic (exact) mass is 458 g/mol. The number of aliphatic hydroxyl groups is 1. The number of hydrogen-bond donors (Lipinski definition) is 2. The zero-order valence-electron chi connectivity index (χ0n) is 18.4. The SMILES string of the molecule is COc1cc2nc(N3CCN(CC(O)Cn4ccnc4[N+](=O)[O-])CC3)nc(N)c2cc1OC. The van der Waals surface area contributed by atoms with Gasteiger partial charge in [0.15, 0.2) is 11.5 Å². The normalized spacial score (nSPS) is 15.5. The van der Waals surface area contributed by atoms with Gasteiger partial charge in [0.1, 0.15) is 18.2 Å². The van der Waals surface area contributed by atoms with Crippen molar-refractivity contribution >= 4 is 28.6 Å². The van der Waals surface area contributed by atoms with E-state index < -0.39 is 11.0 Å². The van der Waals surface area contributed by atoms with E-state index in [-0.39, 0.29) is 12.5 Å². The molecule has 1 atom stereocenters. The summed E-state index contributed by atoms with van der Waals surface area (Å²) in [5.41, 5.74) is 6.86. The highest BCUT2D eigenvalue weighted by molar-refractivity contribution is 5.91. The van der Waals surface area contributed by atoms with E-state index in [0.29, 0.717) is 66.9 Å². The molecule has 1 fully saturated rings. The maximum absolute atomic E-state index is 11.0. The largest absolute Gasteiger partial charge is 0.493 e. The van der Waals surface area contributed by atoms with E-state index in [1.165, 1.54) is 17.0 Å². The van der Waals surface area contributed by atoms with E-state index in [2.05, 4.69) is 19.9 Å². The van der Waals surface area contributed by atoms with Gasteiger partial charge in [-0.25, -0.2) is 9.55 Å². The summed E-state index contributed by atoms with van der Waals surface area (Å²) in [7, 11) is 3.12. The number of anilines is 2. The van der Waals surface area contributed by atoms with E-state index in [9.17, 15) is 15.2 Å². The van der Waals surface area contributed by atoms with Crippen LogP contribution in [0.25, 0.3) is 10.9 Å². The van der Waals surface area contributed by atoms with Crippen LogP contribution in [0.2, 0.25) is 0 Å². The lowest BCUT2D eigenvalue weighted by Gasteiger charge is -2.35. The highest BCUT2D eigenvalue weighted by Crippen LogP contribution is 2.34. The van der Waals surface area contributed by atoms with E-state index in [0.717, 1.165) is 0 Å². The van der Waals surface area contributed by atoms with Gasteiger partial charge in [0.2, 0.25) is 5.95 Å². The van der Waals surface area contributed by atoms with Crippen molar-refractivity contribution in [2.24, 2.45) is 0 Å². The van der Waals surface area contributed by atoms with Crippen molar-refractivity contribution in [2.45, 2.75) is 12.6 Å². The third-order valence-corrected chi connectivity index (χ3v) is 5.61. The smallest absolute Gasteiger partial charge is 0.434 e. The molecule has 13 nitrogen and oxygen atoms in total. The fraction of sp³-hybridized carbons (Fsp3) is 0.450. The number of β-amino-alcohol motifs (C(OH)–C–C–N with tert-alkyl or cyclic N) is 1. The van der Waals surface area contributed by atoms with Gasteiger partial charge < -0.3 is 35.3 Å². The maximum Gasteiger partial charge on any atom is 0.434 e. The summed E-state index contributed by atoms with van der Waals surface area (Å²) in [4.78, 5) is 27.4. The van der Waals surface area contributed by atoms with Crippen LogP contribution < -0.4 is 20.1 Å². The van der Waals surface area contributed by atoms with Crippen LogP contribution in [0.4, 0.5) is 17.7 Å². The lowest BCUT2D eigenvalue weighted by Crippen LogP contribution is -2.49. The number of rotatable bonds is 8. The van der Waals surface area contributed by atoms with Gasteiger partial charge in [-0.05, 0) is 11.0 Å². The summed E-state index contributed by atoms with van der Waals surface area (Å²) < 4.78 is 12.0. The van der Waals surface area contributed by atoms with Crippen molar-refractivity contribution in [1.29, 1.82) is 0 Å². The summed E-state index contributed by atoms with van der Waals surface area (Å²) in [6.45, 7) is 3.14. The second-order valence-electron chi connectivity index (χ2n) is 7.71. The molecule has 1 aromatic carbocycles.